The molecule has 2 aromatic rings. The molecule has 1 unspecified atom stereocenters. The van der Waals surface area contributed by atoms with Gasteiger partial charge in [0.2, 0.25) is 5.95 Å². The fraction of sp³-hybridized carbons (Fsp3) is 0.450. The molecule has 1 saturated carbocycles. The lowest BCUT2D eigenvalue weighted by Crippen LogP contribution is -2.40. The Labute approximate surface area is 155 Å². The zero-order valence-electron chi connectivity index (χ0n) is 15.7. The average molecular weight is 353 g/mol. The second kappa shape index (κ2) is 8.17. The maximum atomic E-state index is 11.7. The van der Waals surface area contributed by atoms with Gasteiger partial charge in [-0.3, -0.25) is 0 Å². The van der Waals surface area contributed by atoms with E-state index in [1.807, 2.05) is 19.3 Å². The van der Waals surface area contributed by atoms with E-state index in [2.05, 4.69) is 44.9 Å². The van der Waals surface area contributed by atoms with Gasteiger partial charge in [0.15, 0.2) is 0 Å². The largest absolute Gasteiger partial charge is 0.351 e. The number of carbonyl (C=O) groups excluding carboxylic acids is 1. The van der Waals surface area contributed by atoms with Gasteiger partial charge in [0, 0.05) is 44.1 Å². The van der Waals surface area contributed by atoms with Crippen LogP contribution in [0.4, 0.5) is 10.7 Å². The summed E-state index contributed by atoms with van der Waals surface area (Å²) in [6.07, 6.45) is 8.23. The number of anilines is 1. The van der Waals surface area contributed by atoms with Crippen molar-refractivity contribution in [1.82, 2.24) is 20.2 Å². The van der Waals surface area contributed by atoms with E-state index in [9.17, 15) is 4.79 Å². The van der Waals surface area contributed by atoms with E-state index in [0.717, 1.165) is 17.5 Å². The highest BCUT2D eigenvalue weighted by Gasteiger charge is 2.17. The molecule has 1 aromatic carbocycles. The number of urea groups is 1. The Kier molecular flexibility index (Phi) is 5.71. The van der Waals surface area contributed by atoms with E-state index in [1.165, 1.54) is 24.8 Å². The van der Waals surface area contributed by atoms with Gasteiger partial charge in [0.25, 0.3) is 0 Å². The molecule has 1 fully saturated rings. The third-order valence-corrected chi connectivity index (χ3v) is 4.70. The average Bonchev–Trinajstić information content (AvgIpc) is 2.59. The summed E-state index contributed by atoms with van der Waals surface area (Å²) in [4.78, 5) is 22.1. The van der Waals surface area contributed by atoms with Gasteiger partial charge in [-0.2, -0.15) is 0 Å². The molecule has 1 aromatic heterocycles. The van der Waals surface area contributed by atoms with Crippen molar-refractivity contribution in [3.63, 3.8) is 0 Å². The molecule has 0 radical (unpaired) electrons. The van der Waals surface area contributed by atoms with E-state index in [0.29, 0.717) is 12.0 Å². The van der Waals surface area contributed by atoms with Crippen molar-refractivity contribution in [2.24, 2.45) is 0 Å². The van der Waals surface area contributed by atoms with Crippen LogP contribution in [0.15, 0.2) is 36.7 Å². The van der Waals surface area contributed by atoms with Gasteiger partial charge in [-0.05, 0) is 43.7 Å². The predicted molar refractivity (Wildman–Crippen MR) is 104 cm³/mol. The number of rotatable bonds is 6. The normalized spacial score (nSPS) is 15.0. The van der Waals surface area contributed by atoms with E-state index in [4.69, 9.17) is 0 Å². The van der Waals surface area contributed by atoms with E-state index < -0.39 is 0 Å². The van der Waals surface area contributed by atoms with Crippen LogP contribution in [0.3, 0.4) is 0 Å². The van der Waals surface area contributed by atoms with Gasteiger partial charge < -0.3 is 15.5 Å². The number of nitrogens with zero attached hydrogens (tertiary/aromatic N) is 3. The van der Waals surface area contributed by atoms with Crippen LogP contribution in [0, 0.1) is 0 Å². The first-order valence-corrected chi connectivity index (χ1v) is 9.17. The summed E-state index contributed by atoms with van der Waals surface area (Å²) in [6, 6.07) is 8.89. The lowest BCUT2D eigenvalue weighted by molar-refractivity contribution is 0.214. The van der Waals surface area contributed by atoms with Crippen molar-refractivity contribution in [2.75, 3.05) is 19.4 Å². The third kappa shape index (κ3) is 4.71. The van der Waals surface area contributed by atoms with Crippen LogP contribution in [0.1, 0.15) is 31.7 Å². The molecule has 1 aliphatic rings. The number of nitrogens with one attached hydrogen (secondary N) is 2. The fourth-order valence-corrected chi connectivity index (χ4v) is 2.86. The highest BCUT2D eigenvalue weighted by atomic mass is 16.2. The van der Waals surface area contributed by atoms with Crippen LogP contribution >= 0.6 is 0 Å². The standard InChI is InChI=1S/C20H27N5O/c1-14(23-20(26)25(2)3)11-15-7-9-16(10-8-15)17-12-21-19(22-13-17)24-18-5-4-6-18/h7-10,12-14,18H,4-6,11H2,1-3H3,(H,23,26)(H,21,22,24). The Morgan fingerprint density at radius 2 is 1.81 bits per heavy atom. The van der Waals surface area contributed by atoms with Crippen LogP contribution in [-0.2, 0) is 6.42 Å². The number of carbonyl (C=O) groups is 1. The molecular formula is C20H27N5O. The molecule has 1 heterocycles. The van der Waals surface area contributed by atoms with Crippen molar-refractivity contribution in [3.8, 4) is 11.1 Å². The molecule has 0 bridgehead atoms. The van der Waals surface area contributed by atoms with Gasteiger partial charge in [0.05, 0.1) is 0 Å². The number of hydrogen-bond donors (Lipinski definition) is 2. The number of hydrogen-bond acceptors (Lipinski definition) is 4. The summed E-state index contributed by atoms with van der Waals surface area (Å²) in [5, 5.41) is 6.32. The summed E-state index contributed by atoms with van der Waals surface area (Å²) >= 11 is 0. The Morgan fingerprint density at radius 3 is 2.35 bits per heavy atom. The van der Waals surface area contributed by atoms with Gasteiger partial charge in [-0.25, -0.2) is 14.8 Å². The number of aromatic nitrogens is 2. The molecule has 0 spiro atoms. The van der Waals surface area contributed by atoms with Crippen LogP contribution < -0.4 is 10.6 Å². The highest BCUT2D eigenvalue weighted by molar-refractivity contribution is 5.73. The Bertz CT molecular complexity index is 723. The first-order valence-electron chi connectivity index (χ1n) is 9.17. The maximum absolute atomic E-state index is 11.7. The lowest BCUT2D eigenvalue weighted by Gasteiger charge is -2.26. The van der Waals surface area contributed by atoms with Gasteiger partial charge in [-0.1, -0.05) is 24.3 Å². The predicted octanol–water partition coefficient (Wildman–Crippen LogP) is 3.31. The van der Waals surface area contributed by atoms with E-state index >= 15 is 0 Å². The minimum absolute atomic E-state index is 0.0677. The van der Waals surface area contributed by atoms with Crippen LogP contribution in [0.2, 0.25) is 0 Å². The zero-order chi connectivity index (χ0) is 18.5. The molecule has 6 nitrogen and oxygen atoms in total. The first-order chi connectivity index (χ1) is 12.5. The van der Waals surface area contributed by atoms with Crippen molar-refractivity contribution in [1.29, 1.82) is 0 Å². The summed E-state index contributed by atoms with van der Waals surface area (Å²) in [5.74, 6) is 0.709. The number of benzene rings is 1. The smallest absolute Gasteiger partial charge is 0.317 e. The molecule has 3 rings (SSSR count). The second-order valence-electron chi connectivity index (χ2n) is 7.21. The topological polar surface area (TPSA) is 70.1 Å². The first kappa shape index (κ1) is 18.2. The molecule has 6 heteroatoms. The van der Waals surface area contributed by atoms with Crippen LogP contribution in [0.5, 0.6) is 0 Å². The molecular weight excluding hydrogens is 326 g/mol. The summed E-state index contributed by atoms with van der Waals surface area (Å²) in [7, 11) is 3.48. The van der Waals surface area contributed by atoms with E-state index in [1.54, 1.807) is 19.0 Å². The Hall–Kier alpha value is -2.63. The summed E-state index contributed by atoms with van der Waals surface area (Å²) in [6.45, 7) is 2.01. The molecule has 2 amide bonds. The molecule has 0 saturated heterocycles. The molecule has 0 aliphatic heterocycles. The second-order valence-corrected chi connectivity index (χ2v) is 7.21. The molecule has 1 aliphatic carbocycles. The highest BCUT2D eigenvalue weighted by Crippen LogP contribution is 2.23. The lowest BCUT2D eigenvalue weighted by atomic mass is 9.93. The maximum Gasteiger partial charge on any atom is 0.317 e. The van der Waals surface area contributed by atoms with Crippen LogP contribution in [-0.4, -0.2) is 47.1 Å². The van der Waals surface area contributed by atoms with Gasteiger partial charge >= 0.3 is 6.03 Å². The molecule has 26 heavy (non-hydrogen) atoms. The number of amides is 2. The summed E-state index contributed by atoms with van der Waals surface area (Å²) in [5.41, 5.74) is 3.28. The van der Waals surface area contributed by atoms with Crippen molar-refractivity contribution in [3.05, 3.63) is 42.2 Å². The quantitative estimate of drug-likeness (QED) is 0.836. The van der Waals surface area contributed by atoms with Crippen molar-refractivity contribution < 1.29 is 4.79 Å². The Morgan fingerprint density at radius 1 is 1.15 bits per heavy atom. The van der Waals surface area contributed by atoms with Crippen LogP contribution in [0.25, 0.3) is 11.1 Å². The third-order valence-electron chi connectivity index (χ3n) is 4.70. The van der Waals surface area contributed by atoms with Crippen molar-refractivity contribution >= 4 is 12.0 Å². The minimum Gasteiger partial charge on any atom is -0.351 e. The Balaban J connectivity index is 1.57. The monoisotopic (exact) mass is 353 g/mol. The minimum atomic E-state index is -0.0677. The van der Waals surface area contributed by atoms with E-state index in [-0.39, 0.29) is 12.1 Å². The molecule has 138 valence electrons. The van der Waals surface area contributed by atoms with Gasteiger partial charge in [-0.15, -0.1) is 0 Å². The fourth-order valence-electron chi connectivity index (χ4n) is 2.86. The van der Waals surface area contributed by atoms with Gasteiger partial charge in [0.1, 0.15) is 0 Å². The molecule has 2 N–H and O–H groups in total. The molecule has 1 atom stereocenters. The SMILES string of the molecule is CC(Cc1ccc(-c2cnc(NC3CCC3)nc2)cc1)NC(=O)N(C)C. The zero-order valence-corrected chi connectivity index (χ0v) is 15.7. The van der Waals surface area contributed by atoms with Crippen molar-refractivity contribution in [2.45, 2.75) is 44.7 Å². The summed E-state index contributed by atoms with van der Waals surface area (Å²) < 4.78 is 0.